The van der Waals surface area contributed by atoms with Gasteiger partial charge in [0.15, 0.2) is 0 Å². The second kappa shape index (κ2) is 4.36. The van der Waals surface area contributed by atoms with Crippen molar-refractivity contribution < 1.29 is 8.78 Å². The predicted octanol–water partition coefficient (Wildman–Crippen LogP) is 4.33. The summed E-state index contributed by atoms with van der Waals surface area (Å²) in [7, 11) is 0. The van der Waals surface area contributed by atoms with Crippen LogP contribution in [0.1, 0.15) is 0 Å². The van der Waals surface area contributed by atoms with E-state index in [1.165, 1.54) is 12.1 Å². The van der Waals surface area contributed by atoms with Crippen molar-refractivity contribution in [1.82, 2.24) is 4.98 Å². The summed E-state index contributed by atoms with van der Waals surface area (Å²) in [6.07, 6.45) is 0. The van der Waals surface area contributed by atoms with Gasteiger partial charge < -0.3 is 0 Å². The molecule has 5 heteroatoms. The Hall–Kier alpha value is -1.19. The van der Waals surface area contributed by atoms with Gasteiger partial charge in [0, 0.05) is 21.2 Å². The molecule has 0 N–H and O–H groups in total. The Labute approximate surface area is 101 Å². The van der Waals surface area contributed by atoms with Crippen molar-refractivity contribution in [2.45, 2.75) is 0 Å². The molecule has 1 nitrogen and oxygen atoms in total. The lowest BCUT2D eigenvalue weighted by Crippen LogP contribution is -1.92. The molecule has 0 radical (unpaired) electrons. The molecule has 2 rings (SSSR count). The molecule has 0 atom stereocenters. The van der Waals surface area contributed by atoms with Gasteiger partial charge in [-0.3, -0.25) is 0 Å². The van der Waals surface area contributed by atoms with Crippen molar-refractivity contribution in [3.63, 3.8) is 0 Å². The van der Waals surface area contributed by atoms with Gasteiger partial charge in [-0.15, -0.1) is 0 Å². The van der Waals surface area contributed by atoms with Crippen LogP contribution in [0.3, 0.4) is 0 Å². The first kappa shape index (κ1) is 11.3. The summed E-state index contributed by atoms with van der Waals surface area (Å²) in [6.45, 7) is 0. The summed E-state index contributed by atoms with van der Waals surface area (Å²) in [5.41, 5.74) is 0.507. The minimum atomic E-state index is -0.913. The van der Waals surface area contributed by atoms with E-state index in [-0.39, 0.29) is 5.56 Å². The smallest absolute Gasteiger partial charge is 0.190 e. The molecule has 0 fully saturated rings. The highest BCUT2D eigenvalue weighted by molar-refractivity contribution is 6.35. The molecule has 0 aliphatic heterocycles. The van der Waals surface area contributed by atoms with Crippen LogP contribution in [0.2, 0.25) is 10.0 Å². The number of rotatable bonds is 1. The van der Waals surface area contributed by atoms with Gasteiger partial charge in [0.2, 0.25) is 11.9 Å². The quantitative estimate of drug-likeness (QED) is 0.695. The van der Waals surface area contributed by atoms with Crippen LogP contribution in [-0.4, -0.2) is 4.98 Å². The first-order valence-electron chi connectivity index (χ1n) is 4.35. The molecule has 1 aromatic carbocycles. The lowest BCUT2D eigenvalue weighted by atomic mass is 10.1. The molecule has 0 unspecified atom stereocenters. The highest BCUT2D eigenvalue weighted by Gasteiger charge is 2.11. The van der Waals surface area contributed by atoms with E-state index in [0.29, 0.717) is 15.6 Å². The minimum absolute atomic E-state index is 0.119. The summed E-state index contributed by atoms with van der Waals surface area (Å²) in [4.78, 5) is 3.09. The maximum Gasteiger partial charge on any atom is 0.223 e. The van der Waals surface area contributed by atoms with E-state index in [1.807, 2.05) is 0 Å². The average molecular weight is 260 g/mol. The van der Waals surface area contributed by atoms with E-state index in [0.717, 1.165) is 6.07 Å². The summed E-state index contributed by atoms with van der Waals surface area (Å²) < 4.78 is 26.0. The Kier molecular flexibility index (Phi) is 3.08. The number of nitrogens with zero attached hydrogens (tertiary/aromatic N) is 1. The molecule has 1 aromatic heterocycles. The Balaban J connectivity index is 2.62. The maximum absolute atomic E-state index is 13.4. The van der Waals surface area contributed by atoms with Crippen molar-refractivity contribution in [2.75, 3.05) is 0 Å². The van der Waals surface area contributed by atoms with Crippen LogP contribution in [-0.2, 0) is 0 Å². The van der Waals surface area contributed by atoms with Crippen molar-refractivity contribution in [2.24, 2.45) is 0 Å². The zero-order valence-corrected chi connectivity index (χ0v) is 9.36. The van der Waals surface area contributed by atoms with Crippen LogP contribution >= 0.6 is 23.2 Å². The van der Waals surface area contributed by atoms with Crippen molar-refractivity contribution >= 4 is 23.2 Å². The highest BCUT2D eigenvalue weighted by Crippen LogP contribution is 2.31. The summed E-state index contributed by atoms with van der Waals surface area (Å²) in [5.74, 6) is -1.79. The van der Waals surface area contributed by atoms with Gasteiger partial charge in [0.25, 0.3) is 0 Å². The fourth-order valence-electron chi connectivity index (χ4n) is 1.32. The highest BCUT2D eigenvalue weighted by atomic mass is 35.5. The first-order chi connectivity index (χ1) is 7.58. The molecule has 0 aliphatic carbocycles. The molecule has 82 valence electrons. The minimum Gasteiger partial charge on any atom is -0.190 e. The summed E-state index contributed by atoms with van der Waals surface area (Å²) >= 11 is 11.7. The van der Waals surface area contributed by atoms with Gasteiger partial charge in [-0.1, -0.05) is 23.2 Å². The van der Waals surface area contributed by atoms with E-state index >= 15 is 0 Å². The standard InChI is InChI=1S/C11H5Cl2F2N/c12-6-1-3-9(13)8(5-6)7-2-4-10(14)16-11(7)15/h1-5H. The molecule has 0 saturated heterocycles. The topological polar surface area (TPSA) is 12.9 Å². The molecule has 0 aliphatic rings. The lowest BCUT2D eigenvalue weighted by Gasteiger charge is -2.05. The zero-order valence-electron chi connectivity index (χ0n) is 7.85. The van der Waals surface area contributed by atoms with E-state index in [4.69, 9.17) is 23.2 Å². The number of aromatic nitrogens is 1. The molecule has 16 heavy (non-hydrogen) atoms. The van der Waals surface area contributed by atoms with Crippen molar-refractivity contribution in [3.8, 4) is 11.1 Å². The molecule has 0 spiro atoms. The van der Waals surface area contributed by atoms with Crippen LogP contribution in [0.5, 0.6) is 0 Å². The molecule has 1 heterocycles. The Bertz CT molecular complexity index is 544. The van der Waals surface area contributed by atoms with Crippen LogP contribution in [0.15, 0.2) is 30.3 Å². The van der Waals surface area contributed by atoms with Gasteiger partial charge >= 0.3 is 0 Å². The molecule has 0 bridgehead atoms. The lowest BCUT2D eigenvalue weighted by molar-refractivity contribution is 0.515. The van der Waals surface area contributed by atoms with E-state index < -0.39 is 11.9 Å². The maximum atomic E-state index is 13.4. The molecule has 2 aromatic rings. The fraction of sp³-hybridized carbons (Fsp3) is 0. The van der Waals surface area contributed by atoms with Gasteiger partial charge in [-0.25, -0.2) is 0 Å². The first-order valence-corrected chi connectivity index (χ1v) is 5.11. The molecular formula is C11H5Cl2F2N. The SMILES string of the molecule is Fc1ccc(-c2cc(Cl)ccc2Cl)c(F)n1. The van der Waals surface area contributed by atoms with Gasteiger partial charge in [-0.2, -0.15) is 13.8 Å². The Morgan fingerprint density at radius 3 is 2.38 bits per heavy atom. The van der Waals surface area contributed by atoms with Gasteiger partial charge in [0.05, 0.1) is 0 Å². The van der Waals surface area contributed by atoms with E-state index in [9.17, 15) is 8.78 Å². The number of pyridine rings is 1. The monoisotopic (exact) mass is 259 g/mol. The van der Waals surface area contributed by atoms with Gasteiger partial charge in [0.1, 0.15) is 0 Å². The Morgan fingerprint density at radius 1 is 0.938 bits per heavy atom. The number of halogens is 4. The average Bonchev–Trinajstić information content (AvgIpc) is 2.22. The number of benzene rings is 1. The largest absolute Gasteiger partial charge is 0.223 e. The third-order valence-corrected chi connectivity index (χ3v) is 2.60. The number of hydrogen-bond donors (Lipinski definition) is 0. The number of hydrogen-bond acceptors (Lipinski definition) is 1. The summed E-state index contributed by atoms with van der Waals surface area (Å²) in [6, 6.07) is 6.97. The predicted molar refractivity (Wildman–Crippen MR) is 59.6 cm³/mol. The molecule has 0 amide bonds. The Morgan fingerprint density at radius 2 is 1.69 bits per heavy atom. The second-order valence-electron chi connectivity index (χ2n) is 3.10. The zero-order chi connectivity index (χ0) is 11.7. The van der Waals surface area contributed by atoms with Crippen molar-refractivity contribution in [1.29, 1.82) is 0 Å². The van der Waals surface area contributed by atoms with Crippen LogP contribution in [0, 0.1) is 11.9 Å². The van der Waals surface area contributed by atoms with Crippen molar-refractivity contribution in [3.05, 3.63) is 52.3 Å². The van der Waals surface area contributed by atoms with Crippen LogP contribution in [0.25, 0.3) is 11.1 Å². The molecular weight excluding hydrogens is 255 g/mol. The second-order valence-corrected chi connectivity index (χ2v) is 3.94. The van der Waals surface area contributed by atoms with E-state index in [1.54, 1.807) is 12.1 Å². The van der Waals surface area contributed by atoms with Crippen LogP contribution < -0.4 is 0 Å². The normalized spacial score (nSPS) is 10.5. The third kappa shape index (κ3) is 2.15. The van der Waals surface area contributed by atoms with E-state index in [2.05, 4.69) is 4.98 Å². The summed E-state index contributed by atoms with van der Waals surface area (Å²) in [5, 5.41) is 0.750. The van der Waals surface area contributed by atoms with Gasteiger partial charge in [-0.05, 0) is 30.3 Å². The fourth-order valence-corrected chi connectivity index (χ4v) is 1.71. The van der Waals surface area contributed by atoms with Crippen LogP contribution in [0.4, 0.5) is 8.78 Å². The third-order valence-electron chi connectivity index (χ3n) is 2.03. The molecule has 0 saturated carbocycles.